The van der Waals surface area contributed by atoms with Gasteiger partial charge in [0.2, 0.25) is 17.7 Å². The summed E-state index contributed by atoms with van der Waals surface area (Å²) in [5.41, 5.74) is 0. The molecule has 0 aromatic carbocycles. The monoisotopic (exact) mass is 536 g/mol. The number of allylic oxidation sites excluding steroid dienone is 1. The number of carbonyl (C=O) groups excluding carboxylic acids is 7. The van der Waals surface area contributed by atoms with Crippen LogP contribution in [-0.2, 0) is 43.2 Å². The van der Waals surface area contributed by atoms with Crippen molar-refractivity contribution in [3.63, 3.8) is 0 Å². The molecule has 0 aromatic rings. The second kappa shape index (κ2) is 14.8. The van der Waals surface area contributed by atoms with Crippen LogP contribution >= 0.6 is 0 Å². The first-order chi connectivity index (χ1) is 17.8. The molecule has 15 nitrogen and oxygen atoms in total. The zero-order valence-corrected chi connectivity index (χ0v) is 20.8. The molecular formula is C23H28N4O11. The van der Waals surface area contributed by atoms with Crippen LogP contribution in [0.4, 0.5) is 0 Å². The van der Waals surface area contributed by atoms with Gasteiger partial charge in [0.1, 0.15) is 0 Å². The molecule has 1 rings (SSSR count). The first-order valence-corrected chi connectivity index (χ1v) is 11.4. The van der Waals surface area contributed by atoms with E-state index in [0.29, 0.717) is 4.90 Å². The fourth-order valence-electron chi connectivity index (χ4n) is 3.08. The fraction of sp³-hybridized carbons (Fsp3) is 0.435. The number of amides is 7. The smallest absolute Gasteiger partial charge is 0.303 e. The summed E-state index contributed by atoms with van der Waals surface area (Å²) >= 11 is 0. The average Bonchev–Trinajstić information content (AvgIpc) is 3.17. The van der Waals surface area contributed by atoms with Gasteiger partial charge in [0, 0.05) is 58.0 Å². The van der Waals surface area contributed by atoms with E-state index < -0.39 is 98.4 Å². The third-order valence-corrected chi connectivity index (χ3v) is 5.05. The summed E-state index contributed by atoms with van der Waals surface area (Å²) in [7, 11) is 1.35. The van der Waals surface area contributed by atoms with Crippen molar-refractivity contribution in [2.24, 2.45) is 0 Å². The van der Waals surface area contributed by atoms with Crippen molar-refractivity contribution < 1.29 is 53.4 Å². The summed E-state index contributed by atoms with van der Waals surface area (Å²) in [6, 6.07) is 0. The summed E-state index contributed by atoms with van der Waals surface area (Å²) in [6.45, 7) is 0.821. The van der Waals surface area contributed by atoms with Gasteiger partial charge in [-0.2, -0.15) is 10.0 Å². The molecule has 7 amide bonds. The molecule has 2 N–H and O–H groups in total. The quantitative estimate of drug-likeness (QED) is 0.167. The average molecular weight is 536 g/mol. The number of hydrogen-bond donors (Lipinski definition) is 2. The number of hydrazine groups is 1. The lowest BCUT2D eigenvalue weighted by atomic mass is 10.2. The van der Waals surface area contributed by atoms with E-state index in [-0.39, 0.29) is 16.6 Å². The van der Waals surface area contributed by atoms with Crippen molar-refractivity contribution in [2.45, 2.75) is 45.4 Å². The number of aliphatic carboxylic acids is 2. The molecule has 0 aliphatic carbocycles. The number of carbonyl (C=O) groups is 9. The van der Waals surface area contributed by atoms with Crippen molar-refractivity contribution in [3.8, 4) is 0 Å². The summed E-state index contributed by atoms with van der Waals surface area (Å²) in [5.74, 6) is -9.63. The lowest BCUT2D eigenvalue weighted by Crippen LogP contribution is -2.56. The van der Waals surface area contributed by atoms with Gasteiger partial charge in [0.05, 0.1) is 12.8 Å². The Hall–Kier alpha value is -4.69. The van der Waals surface area contributed by atoms with Crippen LogP contribution in [0, 0.1) is 0 Å². The van der Waals surface area contributed by atoms with Gasteiger partial charge in [-0.3, -0.25) is 48.1 Å². The number of imide groups is 3. The second-order valence-corrected chi connectivity index (χ2v) is 7.91. The first-order valence-electron chi connectivity index (χ1n) is 11.4. The van der Waals surface area contributed by atoms with Crippen LogP contribution in [0.3, 0.4) is 0 Å². The molecule has 1 aliphatic heterocycles. The molecule has 0 saturated carbocycles. The molecule has 0 fully saturated rings. The van der Waals surface area contributed by atoms with E-state index in [9.17, 15) is 43.2 Å². The predicted octanol–water partition coefficient (Wildman–Crippen LogP) is -0.919. The fourth-order valence-corrected chi connectivity index (χ4v) is 3.08. The highest BCUT2D eigenvalue weighted by atomic mass is 16.4. The Labute approximate surface area is 216 Å². The number of carboxylic acids is 2. The highest BCUT2D eigenvalue weighted by Crippen LogP contribution is 2.14. The minimum absolute atomic E-state index is 0.113. The van der Waals surface area contributed by atoms with E-state index in [0.717, 1.165) is 17.1 Å². The highest BCUT2D eigenvalue weighted by molar-refractivity contribution is 6.13. The Balaban J connectivity index is 3.29. The molecule has 0 aromatic heterocycles. The van der Waals surface area contributed by atoms with Gasteiger partial charge in [-0.15, -0.1) is 0 Å². The van der Waals surface area contributed by atoms with E-state index in [1.54, 1.807) is 6.92 Å². The zero-order valence-electron chi connectivity index (χ0n) is 20.8. The number of hydrogen-bond acceptors (Lipinski definition) is 9. The van der Waals surface area contributed by atoms with Crippen LogP contribution in [0.1, 0.15) is 45.4 Å². The van der Waals surface area contributed by atoms with Gasteiger partial charge in [-0.25, -0.2) is 0 Å². The van der Waals surface area contributed by atoms with Crippen LogP contribution in [-0.4, -0.2) is 103 Å². The molecule has 0 unspecified atom stereocenters. The highest BCUT2D eigenvalue weighted by Gasteiger charge is 2.37. The van der Waals surface area contributed by atoms with E-state index in [1.807, 2.05) is 0 Å². The van der Waals surface area contributed by atoms with Crippen LogP contribution in [0.2, 0.25) is 0 Å². The Kier molecular flexibility index (Phi) is 12.2. The van der Waals surface area contributed by atoms with Gasteiger partial charge in [-0.1, -0.05) is 6.08 Å². The van der Waals surface area contributed by atoms with Gasteiger partial charge >= 0.3 is 11.9 Å². The largest absolute Gasteiger partial charge is 0.481 e. The van der Waals surface area contributed by atoms with E-state index in [4.69, 9.17) is 10.2 Å². The van der Waals surface area contributed by atoms with Crippen molar-refractivity contribution in [2.75, 3.05) is 20.1 Å². The maximum Gasteiger partial charge on any atom is 0.303 e. The van der Waals surface area contributed by atoms with Crippen LogP contribution in [0.15, 0.2) is 24.3 Å². The van der Waals surface area contributed by atoms with Gasteiger partial charge in [0.25, 0.3) is 23.6 Å². The van der Waals surface area contributed by atoms with E-state index >= 15 is 0 Å². The summed E-state index contributed by atoms with van der Waals surface area (Å²) < 4.78 is 0. The molecule has 0 saturated heterocycles. The third-order valence-electron chi connectivity index (χ3n) is 5.05. The molecule has 0 bridgehead atoms. The molecular weight excluding hydrogens is 508 g/mol. The maximum absolute atomic E-state index is 13.1. The van der Waals surface area contributed by atoms with Crippen LogP contribution in [0.25, 0.3) is 0 Å². The predicted molar refractivity (Wildman–Crippen MR) is 125 cm³/mol. The number of carboxylic acid groups (broad SMARTS) is 2. The number of likely N-dealkylation sites (N-methyl/N-ethyl adjacent to an activating group) is 1. The number of rotatable bonds is 13. The van der Waals surface area contributed by atoms with E-state index in [1.165, 1.54) is 19.2 Å². The minimum atomic E-state index is -1.41. The molecule has 0 spiro atoms. The minimum Gasteiger partial charge on any atom is -0.481 e. The van der Waals surface area contributed by atoms with Crippen molar-refractivity contribution in [1.29, 1.82) is 0 Å². The Morgan fingerprint density at radius 1 is 0.737 bits per heavy atom. The third kappa shape index (κ3) is 9.40. The van der Waals surface area contributed by atoms with Gasteiger partial charge in [-0.05, 0) is 13.0 Å². The molecule has 1 heterocycles. The van der Waals surface area contributed by atoms with Gasteiger partial charge < -0.3 is 15.1 Å². The van der Waals surface area contributed by atoms with E-state index in [2.05, 4.69) is 0 Å². The lowest BCUT2D eigenvalue weighted by Gasteiger charge is -2.32. The molecule has 15 heteroatoms. The van der Waals surface area contributed by atoms with Gasteiger partial charge in [0.15, 0.2) is 0 Å². The Morgan fingerprint density at radius 3 is 1.58 bits per heavy atom. The normalized spacial score (nSPS) is 12.5. The Morgan fingerprint density at radius 2 is 1.16 bits per heavy atom. The lowest BCUT2D eigenvalue weighted by molar-refractivity contribution is -0.181. The Bertz CT molecular complexity index is 1060. The summed E-state index contributed by atoms with van der Waals surface area (Å²) in [6.07, 6.45) is 0.180. The summed E-state index contributed by atoms with van der Waals surface area (Å²) in [5, 5.41) is 18.1. The zero-order chi connectivity index (χ0) is 29.0. The van der Waals surface area contributed by atoms with Crippen LogP contribution in [0.5, 0.6) is 0 Å². The first kappa shape index (κ1) is 31.3. The molecule has 38 heavy (non-hydrogen) atoms. The molecule has 1 aliphatic rings. The number of nitrogens with zero attached hydrogens (tertiary/aromatic N) is 4. The second-order valence-electron chi connectivity index (χ2n) is 7.91. The van der Waals surface area contributed by atoms with Crippen molar-refractivity contribution in [3.05, 3.63) is 24.3 Å². The van der Waals surface area contributed by atoms with Crippen molar-refractivity contribution in [1.82, 2.24) is 19.8 Å². The molecule has 206 valence electrons. The van der Waals surface area contributed by atoms with Crippen molar-refractivity contribution >= 4 is 53.3 Å². The molecule has 0 atom stereocenters. The standard InChI is InChI=1S/C23H28N4O11/c1-3-4-15(28)24(2)13-11-20(33)26(18(31)7-9-22(35)36)27(19(32)8-10-23(37)38)21(34)12-14-25-16(29)5-6-17(25)30/h3-6H,7-14H2,1-2H3,(H,35,36)(H,37,38)/b4-3-. The molecule has 0 radical (unpaired) electrons. The van der Waals surface area contributed by atoms with Crippen LogP contribution < -0.4 is 0 Å². The maximum atomic E-state index is 13.1. The SMILES string of the molecule is C/C=C\C(=O)N(C)CCC(=O)N(C(=O)CCC(=O)O)N(C(=O)CCC(=O)O)C(=O)CCN1C(=O)C=CC1=O. The topological polar surface area (TPSA) is 207 Å². The summed E-state index contributed by atoms with van der Waals surface area (Å²) in [4.78, 5) is 111.